The van der Waals surface area contributed by atoms with Gasteiger partial charge in [-0.15, -0.1) is 0 Å². The zero-order valence-electron chi connectivity index (χ0n) is 6.89. The Hall–Kier alpha value is -0.660. The molecule has 0 aliphatic carbocycles. The van der Waals surface area contributed by atoms with Crippen LogP contribution in [0.3, 0.4) is 0 Å². The van der Waals surface area contributed by atoms with Gasteiger partial charge < -0.3 is 10.2 Å². The molecule has 0 fully saturated rings. The molecule has 0 saturated carbocycles. The fourth-order valence-corrected chi connectivity index (χ4v) is 0.870. The molecule has 0 aliphatic rings. The van der Waals surface area contributed by atoms with Gasteiger partial charge in [-0.1, -0.05) is 20.3 Å². The summed E-state index contributed by atoms with van der Waals surface area (Å²) in [6, 6.07) is 0. The van der Waals surface area contributed by atoms with E-state index >= 15 is 0 Å². The average molecular weight is 144 g/mol. The molecular weight excluding hydrogens is 128 g/mol. The fourth-order valence-electron chi connectivity index (χ4n) is 0.870. The van der Waals surface area contributed by atoms with Gasteiger partial charge in [0.15, 0.2) is 0 Å². The monoisotopic (exact) mass is 144 g/mol. The molecular formula is C8H16O2. The van der Waals surface area contributed by atoms with Crippen LogP contribution in [0.25, 0.3) is 0 Å². The van der Waals surface area contributed by atoms with Crippen LogP contribution >= 0.6 is 0 Å². The van der Waals surface area contributed by atoms with Crippen LogP contribution in [0.5, 0.6) is 0 Å². The zero-order chi connectivity index (χ0) is 8.15. The van der Waals surface area contributed by atoms with Crippen molar-refractivity contribution in [2.24, 2.45) is 5.92 Å². The maximum atomic E-state index is 8.65. The standard InChI is InChI=1S/C8H16O2/c1-4-5-6(2)7(3)8(9)10/h6,9-10H,4-5H2,1-3H3. The van der Waals surface area contributed by atoms with Crippen molar-refractivity contribution < 1.29 is 10.2 Å². The van der Waals surface area contributed by atoms with E-state index in [1.54, 1.807) is 6.92 Å². The van der Waals surface area contributed by atoms with Gasteiger partial charge >= 0.3 is 0 Å². The van der Waals surface area contributed by atoms with Gasteiger partial charge in [0.1, 0.15) is 0 Å². The van der Waals surface area contributed by atoms with Gasteiger partial charge in [-0.2, -0.15) is 0 Å². The molecule has 2 N–H and O–H groups in total. The first-order valence-electron chi connectivity index (χ1n) is 3.68. The lowest BCUT2D eigenvalue weighted by Crippen LogP contribution is -1.99. The molecule has 0 aromatic carbocycles. The average Bonchev–Trinajstić information content (AvgIpc) is 1.87. The Morgan fingerprint density at radius 2 is 1.90 bits per heavy atom. The summed E-state index contributed by atoms with van der Waals surface area (Å²) >= 11 is 0. The minimum Gasteiger partial charge on any atom is -0.481 e. The highest BCUT2D eigenvalue weighted by Gasteiger charge is 2.06. The molecule has 0 aromatic heterocycles. The van der Waals surface area contributed by atoms with E-state index in [4.69, 9.17) is 10.2 Å². The summed E-state index contributed by atoms with van der Waals surface area (Å²) in [7, 11) is 0. The largest absolute Gasteiger partial charge is 0.481 e. The van der Waals surface area contributed by atoms with Gasteiger partial charge in [0.05, 0.1) is 0 Å². The van der Waals surface area contributed by atoms with Gasteiger partial charge in [0.2, 0.25) is 0 Å². The first-order valence-corrected chi connectivity index (χ1v) is 3.68. The second-order valence-electron chi connectivity index (χ2n) is 2.70. The van der Waals surface area contributed by atoms with Crippen molar-refractivity contribution in [3.63, 3.8) is 0 Å². The predicted molar refractivity (Wildman–Crippen MR) is 42.0 cm³/mol. The van der Waals surface area contributed by atoms with Crippen LogP contribution in [0, 0.1) is 5.92 Å². The third kappa shape index (κ3) is 2.76. The molecule has 0 amide bonds. The number of aliphatic hydroxyl groups is 2. The number of rotatable bonds is 3. The Labute approximate surface area is 62.2 Å². The summed E-state index contributed by atoms with van der Waals surface area (Å²) in [5, 5.41) is 17.3. The summed E-state index contributed by atoms with van der Waals surface area (Å²) in [6.07, 6.45) is 2.09. The zero-order valence-corrected chi connectivity index (χ0v) is 6.89. The van der Waals surface area contributed by atoms with Crippen molar-refractivity contribution in [3.05, 3.63) is 11.5 Å². The van der Waals surface area contributed by atoms with Crippen LogP contribution < -0.4 is 0 Å². The highest BCUT2D eigenvalue weighted by Crippen LogP contribution is 2.16. The van der Waals surface area contributed by atoms with Crippen LogP contribution in [0.2, 0.25) is 0 Å². The molecule has 0 rings (SSSR count). The van der Waals surface area contributed by atoms with E-state index in [-0.39, 0.29) is 5.92 Å². The van der Waals surface area contributed by atoms with Crippen molar-refractivity contribution in [2.45, 2.75) is 33.6 Å². The summed E-state index contributed by atoms with van der Waals surface area (Å²) in [6.45, 7) is 5.82. The van der Waals surface area contributed by atoms with Gasteiger partial charge in [0.25, 0.3) is 5.95 Å². The van der Waals surface area contributed by atoms with Gasteiger partial charge in [0, 0.05) is 5.57 Å². The molecule has 1 unspecified atom stereocenters. The minimum absolute atomic E-state index is 0.287. The topological polar surface area (TPSA) is 40.5 Å². The SMILES string of the molecule is CCCC(C)C(C)=C(O)O. The number of hydrogen-bond donors (Lipinski definition) is 2. The van der Waals surface area contributed by atoms with Crippen molar-refractivity contribution in [3.8, 4) is 0 Å². The van der Waals surface area contributed by atoms with Crippen LogP contribution in [0.15, 0.2) is 11.5 Å². The molecule has 0 bridgehead atoms. The van der Waals surface area contributed by atoms with Crippen molar-refractivity contribution in [2.75, 3.05) is 0 Å². The second kappa shape index (κ2) is 4.20. The number of allylic oxidation sites excluding steroid dienone is 1. The summed E-state index contributed by atoms with van der Waals surface area (Å²) in [5.74, 6) is -0.226. The molecule has 0 spiro atoms. The summed E-state index contributed by atoms with van der Waals surface area (Å²) in [4.78, 5) is 0. The molecule has 0 saturated heterocycles. The summed E-state index contributed by atoms with van der Waals surface area (Å²) < 4.78 is 0. The first-order chi connectivity index (χ1) is 4.59. The first kappa shape index (κ1) is 9.34. The lowest BCUT2D eigenvalue weighted by molar-refractivity contribution is 0.179. The maximum absolute atomic E-state index is 8.65. The van der Waals surface area contributed by atoms with E-state index in [0.29, 0.717) is 5.57 Å². The smallest absolute Gasteiger partial charge is 0.273 e. The molecule has 2 nitrogen and oxygen atoms in total. The Kier molecular flexibility index (Phi) is 3.93. The molecule has 0 aromatic rings. The molecule has 0 radical (unpaired) electrons. The van der Waals surface area contributed by atoms with Crippen molar-refractivity contribution in [1.29, 1.82) is 0 Å². The third-order valence-electron chi connectivity index (χ3n) is 1.81. The van der Waals surface area contributed by atoms with E-state index in [1.165, 1.54) is 0 Å². The Bertz CT molecular complexity index is 123. The van der Waals surface area contributed by atoms with Crippen LogP contribution in [0.1, 0.15) is 33.6 Å². The number of hydrogen-bond acceptors (Lipinski definition) is 2. The molecule has 60 valence electrons. The van der Waals surface area contributed by atoms with Crippen molar-refractivity contribution >= 4 is 0 Å². The van der Waals surface area contributed by atoms with E-state index < -0.39 is 5.95 Å². The van der Waals surface area contributed by atoms with Crippen molar-refractivity contribution in [1.82, 2.24) is 0 Å². The van der Waals surface area contributed by atoms with Gasteiger partial charge in [-0.25, -0.2) is 0 Å². The number of aliphatic hydroxyl groups excluding tert-OH is 1. The molecule has 1 atom stereocenters. The highest BCUT2D eigenvalue weighted by atomic mass is 16.5. The second-order valence-corrected chi connectivity index (χ2v) is 2.70. The maximum Gasteiger partial charge on any atom is 0.273 e. The lowest BCUT2D eigenvalue weighted by Gasteiger charge is -2.09. The van der Waals surface area contributed by atoms with Gasteiger partial charge in [-0.3, -0.25) is 0 Å². The molecule has 2 heteroatoms. The van der Waals surface area contributed by atoms with E-state index in [2.05, 4.69) is 6.92 Å². The highest BCUT2D eigenvalue weighted by molar-refractivity contribution is 5.01. The normalized spacial score (nSPS) is 12.7. The van der Waals surface area contributed by atoms with Crippen LogP contribution in [0.4, 0.5) is 0 Å². The van der Waals surface area contributed by atoms with Gasteiger partial charge in [-0.05, 0) is 19.3 Å². The Balaban J connectivity index is 3.94. The third-order valence-corrected chi connectivity index (χ3v) is 1.81. The lowest BCUT2D eigenvalue weighted by atomic mass is 9.98. The summed E-state index contributed by atoms with van der Waals surface area (Å²) in [5.41, 5.74) is 0.682. The van der Waals surface area contributed by atoms with Crippen LogP contribution in [-0.2, 0) is 0 Å². The molecule has 10 heavy (non-hydrogen) atoms. The minimum atomic E-state index is -0.513. The van der Waals surface area contributed by atoms with E-state index in [1.807, 2.05) is 6.92 Å². The Morgan fingerprint density at radius 3 is 2.20 bits per heavy atom. The Morgan fingerprint density at radius 1 is 1.40 bits per heavy atom. The fraction of sp³-hybridized carbons (Fsp3) is 0.750. The van der Waals surface area contributed by atoms with Crippen LogP contribution in [-0.4, -0.2) is 10.2 Å². The molecule has 0 aliphatic heterocycles. The molecule has 0 heterocycles. The predicted octanol–water partition coefficient (Wildman–Crippen LogP) is 2.77. The van der Waals surface area contributed by atoms with E-state index in [9.17, 15) is 0 Å². The van der Waals surface area contributed by atoms with E-state index in [0.717, 1.165) is 12.8 Å². The quantitative estimate of drug-likeness (QED) is 0.598.